The zero-order valence-electron chi connectivity index (χ0n) is 11.6. The van der Waals surface area contributed by atoms with Crippen LogP contribution in [-0.2, 0) is 10.8 Å². The lowest BCUT2D eigenvalue weighted by molar-refractivity contribution is 0.534. The zero-order chi connectivity index (χ0) is 12.8. The van der Waals surface area contributed by atoms with Crippen molar-refractivity contribution >= 4 is 5.65 Å². The molecular formula is C14H21N3. The van der Waals surface area contributed by atoms with Gasteiger partial charge in [-0.3, -0.25) is 4.40 Å². The third-order valence-corrected chi connectivity index (χ3v) is 2.82. The summed E-state index contributed by atoms with van der Waals surface area (Å²) in [6.45, 7) is 13.1. The van der Waals surface area contributed by atoms with Gasteiger partial charge in [-0.15, -0.1) is 0 Å². The van der Waals surface area contributed by atoms with Gasteiger partial charge in [0.1, 0.15) is 11.5 Å². The lowest BCUT2D eigenvalue weighted by atomic mass is 9.93. The minimum atomic E-state index is 0.0232. The number of hydrogen-bond acceptors (Lipinski definition) is 2. The van der Waals surface area contributed by atoms with Crippen molar-refractivity contribution in [3.8, 4) is 0 Å². The molecule has 2 heterocycles. The van der Waals surface area contributed by atoms with Crippen molar-refractivity contribution in [2.24, 2.45) is 0 Å². The topological polar surface area (TPSA) is 30.2 Å². The van der Waals surface area contributed by atoms with Crippen molar-refractivity contribution < 1.29 is 0 Å². The largest absolute Gasteiger partial charge is 0.287 e. The van der Waals surface area contributed by atoms with Gasteiger partial charge in [0.15, 0.2) is 0 Å². The Balaban J connectivity index is 2.70. The quantitative estimate of drug-likeness (QED) is 0.696. The molecule has 2 aromatic rings. The molecule has 0 unspecified atom stereocenters. The second-order valence-electron chi connectivity index (χ2n) is 6.62. The monoisotopic (exact) mass is 231 g/mol. The summed E-state index contributed by atoms with van der Waals surface area (Å²) in [4.78, 5) is 9.18. The normalized spacial score (nSPS) is 13.3. The van der Waals surface area contributed by atoms with Gasteiger partial charge < -0.3 is 0 Å². The summed E-state index contributed by atoms with van der Waals surface area (Å²) in [7, 11) is 0. The summed E-state index contributed by atoms with van der Waals surface area (Å²) in [5.74, 6) is 1.05. The number of rotatable bonds is 0. The summed E-state index contributed by atoms with van der Waals surface area (Å²) < 4.78 is 2.11. The molecule has 0 saturated heterocycles. The van der Waals surface area contributed by atoms with E-state index in [0.717, 1.165) is 17.2 Å². The van der Waals surface area contributed by atoms with Crippen LogP contribution in [0.15, 0.2) is 18.5 Å². The van der Waals surface area contributed by atoms with E-state index < -0.39 is 0 Å². The molecule has 0 aromatic carbocycles. The molecule has 92 valence electrons. The van der Waals surface area contributed by atoms with Gasteiger partial charge >= 0.3 is 0 Å². The van der Waals surface area contributed by atoms with Crippen LogP contribution in [0.4, 0.5) is 0 Å². The average molecular weight is 231 g/mol. The molecule has 3 heteroatoms. The molecule has 0 saturated carbocycles. The molecule has 0 radical (unpaired) electrons. The third kappa shape index (κ3) is 2.19. The van der Waals surface area contributed by atoms with E-state index in [1.807, 2.05) is 12.3 Å². The van der Waals surface area contributed by atoms with Crippen LogP contribution in [0.5, 0.6) is 0 Å². The van der Waals surface area contributed by atoms with Gasteiger partial charge in [-0.2, -0.15) is 0 Å². The molecule has 0 amide bonds. The lowest BCUT2D eigenvalue weighted by Gasteiger charge is -2.18. The predicted octanol–water partition coefficient (Wildman–Crippen LogP) is 3.32. The summed E-state index contributed by atoms with van der Waals surface area (Å²) >= 11 is 0. The van der Waals surface area contributed by atoms with E-state index in [0.29, 0.717) is 0 Å². The lowest BCUT2D eigenvalue weighted by Crippen LogP contribution is -2.18. The Morgan fingerprint density at radius 2 is 1.65 bits per heavy atom. The van der Waals surface area contributed by atoms with Gasteiger partial charge in [0.25, 0.3) is 0 Å². The fourth-order valence-electron chi connectivity index (χ4n) is 1.83. The first-order chi connectivity index (χ1) is 7.69. The molecule has 3 nitrogen and oxygen atoms in total. The summed E-state index contributed by atoms with van der Waals surface area (Å²) in [5.41, 5.74) is 2.18. The molecule has 0 fully saturated rings. The first kappa shape index (κ1) is 12.1. The number of aromatic nitrogens is 3. The fourth-order valence-corrected chi connectivity index (χ4v) is 1.83. The SMILES string of the molecule is CC(C)(C)c1cn2c(C(C)(C)C)nccc2n1. The summed E-state index contributed by atoms with van der Waals surface area (Å²) in [5, 5.41) is 0. The Labute approximate surface area is 103 Å². The van der Waals surface area contributed by atoms with Crippen LogP contribution in [0.25, 0.3) is 5.65 Å². The van der Waals surface area contributed by atoms with Crippen molar-refractivity contribution in [3.63, 3.8) is 0 Å². The van der Waals surface area contributed by atoms with E-state index in [-0.39, 0.29) is 10.8 Å². The molecule has 0 aliphatic carbocycles. The van der Waals surface area contributed by atoms with Crippen molar-refractivity contribution in [2.45, 2.75) is 52.4 Å². The van der Waals surface area contributed by atoms with Crippen LogP contribution in [0.3, 0.4) is 0 Å². The molecule has 0 aliphatic rings. The molecule has 0 N–H and O–H groups in total. The van der Waals surface area contributed by atoms with Crippen LogP contribution in [0.1, 0.15) is 53.1 Å². The molecule has 2 rings (SSSR count). The second kappa shape index (κ2) is 3.56. The third-order valence-electron chi connectivity index (χ3n) is 2.82. The Hall–Kier alpha value is -1.38. The van der Waals surface area contributed by atoms with Crippen molar-refractivity contribution in [1.29, 1.82) is 0 Å². The van der Waals surface area contributed by atoms with Gasteiger partial charge in [-0.1, -0.05) is 41.5 Å². The maximum absolute atomic E-state index is 4.68. The highest BCUT2D eigenvalue weighted by Crippen LogP contribution is 2.25. The Bertz CT molecular complexity index is 539. The van der Waals surface area contributed by atoms with E-state index in [9.17, 15) is 0 Å². The fraction of sp³-hybridized carbons (Fsp3) is 0.571. The van der Waals surface area contributed by atoms with E-state index in [1.165, 1.54) is 0 Å². The van der Waals surface area contributed by atoms with Crippen LogP contribution in [0.2, 0.25) is 0 Å². The van der Waals surface area contributed by atoms with Crippen molar-refractivity contribution in [3.05, 3.63) is 30.0 Å². The second-order valence-corrected chi connectivity index (χ2v) is 6.62. The highest BCUT2D eigenvalue weighted by atomic mass is 15.1. The smallest absolute Gasteiger partial charge is 0.139 e. The molecule has 0 aliphatic heterocycles. The maximum Gasteiger partial charge on any atom is 0.139 e. The zero-order valence-corrected chi connectivity index (χ0v) is 11.6. The van der Waals surface area contributed by atoms with Gasteiger partial charge in [0, 0.05) is 23.2 Å². The van der Waals surface area contributed by atoms with E-state index in [1.54, 1.807) is 0 Å². The van der Waals surface area contributed by atoms with Crippen molar-refractivity contribution in [1.82, 2.24) is 14.4 Å². The molecule has 17 heavy (non-hydrogen) atoms. The summed E-state index contributed by atoms with van der Waals surface area (Å²) in [6.07, 6.45) is 3.96. The number of nitrogens with zero attached hydrogens (tertiary/aromatic N) is 3. The highest BCUT2D eigenvalue weighted by molar-refractivity contribution is 5.41. The summed E-state index contributed by atoms with van der Waals surface area (Å²) in [6, 6.07) is 1.96. The first-order valence-electron chi connectivity index (χ1n) is 6.05. The highest BCUT2D eigenvalue weighted by Gasteiger charge is 2.22. The van der Waals surface area contributed by atoms with Crippen LogP contribution < -0.4 is 0 Å². The molecule has 0 spiro atoms. The molecule has 0 bridgehead atoms. The number of hydrogen-bond donors (Lipinski definition) is 0. The van der Waals surface area contributed by atoms with Gasteiger partial charge in [-0.05, 0) is 6.07 Å². The van der Waals surface area contributed by atoms with E-state index >= 15 is 0 Å². The van der Waals surface area contributed by atoms with Gasteiger partial charge in [0.05, 0.1) is 5.69 Å². The molecular weight excluding hydrogens is 210 g/mol. The molecule has 0 atom stereocenters. The number of imidazole rings is 1. The van der Waals surface area contributed by atoms with Gasteiger partial charge in [0.2, 0.25) is 0 Å². The van der Waals surface area contributed by atoms with Gasteiger partial charge in [-0.25, -0.2) is 9.97 Å². The van der Waals surface area contributed by atoms with Crippen LogP contribution in [-0.4, -0.2) is 14.4 Å². The van der Waals surface area contributed by atoms with E-state index in [4.69, 9.17) is 0 Å². The van der Waals surface area contributed by atoms with Crippen molar-refractivity contribution in [2.75, 3.05) is 0 Å². The Morgan fingerprint density at radius 3 is 2.18 bits per heavy atom. The standard InChI is InChI=1S/C14H21N3/c1-13(2,3)10-9-17-11(16-10)7-8-15-12(17)14(4,5)6/h7-9H,1-6H3. The first-order valence-corrected chi connectivity index (χ1v) is 6.05. The minimum Gasteiger partial charge on any atom is -0.287 e. The van der Waals surface area contributed by atoms with E-state index in [2.05, 4.69) is 62.1 Å². The Morgan fingerprint density at radius 1 is 1.00 bits per heavy atom. The maximum atomic E-state index is 4.68. The average Bonchev–Trinajstić information content (AvgIpc) is 2.57. The minimum absolute atomic E-state index is 0.0232. The predicted molar refractivity (Wildman–Crippen MR) is 70.4 cm³/mol. The number of fused-ring (bicyclic) bond motifs is 1. The molecule has 2 aromatic heterocycles. The van der Waals surface area contributed by atoms with Crippen LogP contribution >= 0.6 is 0 Å². The Kier molecular flexibility index (Phi) is 2.53. The van der Waals surface area contributed by atoms with Crippen LogP contribution in [0, 0.1) is 0 Å².